The first kappa shape index (κ1) is 23.4. The molecule has 1 heterocycles. The van der Waals surface area contributed by atoms with E-state index in [1.807, 2.05) is 13.1 Å². The zero-order valence-corrected chi connectivity index (χ0v) is 18.6. The lowest BCUT2D eigenvalue weighted by Gasteiger charge is -2.44. The van der Waals surface area contributed by atoms with Crippen molar-refractivity contribution in [3.05, 3.63) is 44.0 Å². The molecule has 1 aliphatic heterocycles. The van der Waals surface area contributed by atoms with Crippen molar-refractivity contribution < 1.29 is 28.6 Å². The Morgan fingerprint density at radius 1 is 1.20 bits per heavy atom. The molecule has 1 aliphatic rings. The van der Waals surface area contributed by atoms with Crippen LogP contribution in [0.25, 0.3) is 0 Å². The number of benzene rings is 1. The number of nitro groups is 2. The summed E-state index contributed by atoms with van der Waals surface area (Å²) in [6, 6.07) is 2.63. The monoisotopic (exact) mass is 439 g/mol. The minimum absolute atomic E-state index is 0.0903. The van der Waals surface area contributed by atoms with E-state index in [1.165, 1.54) is 0 Å². The number of carbonyl (C=O) groups is 2. The van der Waals surface area contributed by atoms with Crippen LogP contribution in [0.3, 0.4) is 0 Å². The Hall–Kier alpha value is -2.86. The van der Waals surface area contributed by atoms with Gasteiger partial charge in [-0.3, -0.25) is 25.0 Å². The summed E-state index contributed by atoms with van der Waals surface area (Å²) in [4.78, 5) is 44.9. The fourth-order valence-corrected chi connectivity index (χ4v) is 4.21. The molecule has 1 N–H and O–H groups in total. The Balaban J connectivity index is 2.18. The average molecular weight is 439 g/mol. The number of β-lactam (4-membered cyclic amide) rings is 1. The maximum Gasteiger partial charge on any atom is 0.347 e. The highest BCUT2D eigenvalue weighted by molar-refractivity contribution is 6.74. The van der Waals surface area contributed by atoms with Crippen LogP contribution in [0.15, 0.2) is 18.2 Å². The topological polar surface area (TPSA) is 151 Å². The summed E-state index contributed by atoms with van der Waals surface area (Å²) < 4.78 is 11.5. The first-order valence-corrected chi connectivity index (χ1v) is 12.2. The van der Waals surface area contributed by atoms with Gasteiger partial charge in [-0.1, -0.05) is 20.8 Å². The van der Waals surface area contributed by atoms with Gasteiger partial charge in [-0.15, -0.1) is 0 Å². The molecule has 1 aromatic carbocycles. The van der Waals surface area contributed by atoms with Crippen LogP contribution < -0.4 is 5.32 Å². The lowest BCUT2D eigenvalue weighted by molar-refractivity contribution is -0.394. The molecule has 3 atom stereocenters. The molecule has 11 nitrogen and oxygen atoms in total. The molecule has 0 unspecified atom stereocenters. The van der Waals surface area contributed by atoms with Crippen molar-refractivity contribution in [3.8, 4) is 0 Å². The number of carbonyl (C=O) groups excluding carboxylic acids is 2. The summed E-state index contributed by atoms with van der Waals surface area (Å²) in [6.45, 7) is 11.9. The number of nitrogens with one attached hydrogen (secondary N) is 1. The second-order valence-corrected chi connectivity index (χ2v) is 13.4. The normalized spacial score (nSPS) is 20.0. The van der Waals surface area contributed by atoms with Crippen molar-refractivity contribution in [2.75, 3.05) is 0 Å². The van der Waals surface area contributed by atoms with Gasteiger partial charge in [0, 0.05) is 6.07 Å². The predicted octanol–water partition coefficient (Wildman–Crippen LogP) is 3.14. The molecule has 2 rings (SSSR count). The van der Waals surface area contributed by atoms with Crippen LogP contribution in [0.1, 0.15) is 38.1 Å². The molecule has 0 bridgehead atoms. The Morgan fingerprint density at radius 3 is 2.27 bits per heavy atom. The van der Waals surface area contributed by atoms with Crippen molar-refractivity contribution in [2.24, 2.45) is 5.92 Å². The number of hydrogen-bond donors (Lipinski definition) is 1. The lowest BCUT2D eigenvalue weighted by atomic mass is 9.93. The van der Waals surface area contributed by atoms with Gasteiger partial charge < -0.3 is 14.5 Å². The Morgan fingerprint density at radius 2 is 1.80 bits per heavy atom. The van der Waals surface area contributed by atoms with Crippen LogP contribution in [0, 0.1) is 26.1 Å². The van der Waals surface area contributed by atoms with Gasteiger partial charge in [0.2, 0.25) is 5.91 Å². The van der Waals surface area contributed by atoms with E-state index in [-0.39, 0.29) is 10.9 Å². The highest BCUT2D eigenvalue weighted by Gasteiger charge is 2.49. The first-order chi connectivity index (χ1) is 13.7. The van der Waals surface area contributed by atoms with Gasteiger partial charge in [-0.05, 0) is 31.1 Å². The molecular formula is C18H25N3O8Si. The van der Waals surface area contributed by atoms with E-state index in [9.17, 15) is 29.8 Å². The van der Waals surface area contributed by atoms with Gasteiger partial charge in [-0.25, -0.2) is 4.79 Å². The third kappa shape index (κ3) is 4.65. The highest BCUT2D eigenvalue weighted by Crippen LogP contribution is 2.39. The van der Waals surface area contributed by atoms with Gasteiger partial charge in [0.1, 0.15) is 11.5 Å². The summed E-state index contributed by atoms with van der Waals surface area (Å²) in [7, 11) is -2.19. The fourth-order valence-electron chi connectivity index (χ4n) is 2.78. The van der Waals surface area contributed by atoms with Gasteiger partial charge in [-0.2, -0.15) is 0 Å². The van der Waals surface area contributed by atoms with Crippen LogP contribution in [0.4, 0.5) is 11.4 Å². The minimum atomic E-state index is -2.19. The van der Waals surface area contributed by atoms with Crippen LogP contribution >= 0.6 is 0 Å². The van der Waals surface area contributed by atoms with Gasteiger partial charge in [0.05, 0.1) is 22.0 Å². The van der Waals surface area contributed by atoms with Crippen molar-refractivity contribution in [3.63, 3.8) is 0 Å². The molecule has 164 valence electrons. The first-order valence-electron chi connectivity index (χ1n) is 9.27. The Labute approximate surface area is 174 Å². The largest absolute Gasteiger partial charge is 0.437 e. The summed E-state index contributed by atoms with van der Waals surface area (Å²) in [6.07, 6.45) is -1.55. The van der Waals surface area contributed by atoms with E-state index in [4.69, 9.17) is 9.16 Å². The smallest absolute Gasteiger partial charge is 0.347 e. The van der Waals surface area contributed by atoms with Crippen LogP contribution in [0.2, 0.25) is 18.1 Å². The lowest BCUT2D eigenvalue weighted by Crippen LogP contribution is -2.65. The number of ether oxygens (including phenoxy) is 1. The quantitative estimate of drug-likeness (QED) is 0.224. The van der Waals surface area contributed by atoms with Crippen molar-refractivity contribution >= 4 is 31.6 Å². The highest BCUT2D eigenvalue weighted by atomic mass is 28.4. The third-order valence-electron chi connectivity index (χ3n) is 5.55. The maximum absolute atomic E-state index is 12.5. The Kier molecular flexibility index (Phi) is 6.33. The summed E-state index contributed by atoms with van der Waals surface area (Å²) in [5.74, 6) is -2.18. The summed E-state index contributed by atoms with van der Waals surface area (Å²) in [5, 5.41) is 24.4. The maximum atomic E-state index is 12.5. The predicted molar refractivity (Wildman–Crippen MR) is 108 cm³/mol. The molecule has 0 aromatic heterocycles. The van der Waals surface area contributed by atoms with Crippen LogP contribution in [0.5, 0.6) is 0 Å². The van der Waals surface area contributed by atoms with Crippen LogP contribution in [-0.2, 0) is 14.0 Å². The molecule has 1 amide bonds. The van der Waals surface area contributed by atoms with Crippen molar-refractivity contribution in [2.45, 2.75) is 58.2 Å². The number of rotatable bonds is 7. The summed E-state index contributed by atoms with van der Waals surface area (Å²) >= 11 is 0. The molecular weight excluding hydrogens is 414 g/mol. The van der Waals surface area contributed by atoms with E-state index in [0.717, 1.165) is 12.1 Å². The second-order valence-electron chi connectivity index (χ2n) is 8.66. The van der Waals surface area contributed by atoms with Crippen LogP contribution in [-0.4, -0.2) is 42.4 Å². The number of nitro benzene ring substituents is 2. The average Bonchev–Trinajstić information content (AvgIpc) is 2.58. The molecule has 1 aromatic rings. The molecule has 1 fully saturated rings. The zero-order valence-electron chi connectivity index (χ0n) is 17.6. The number of amides is 1. The molecule has 0 radical (unpaired) electrons. The number of hydrogen-bond acceptors (Lipinski definition) is 8. The fraction of sp³-hybridized carbons (Fsp3) is 0.556. The summed E-state index contributed by atoms with van der Waals surface area (Å²) in [5.41, 5.74) is -1.71. The van der Waals surface area contributed by atoms with Gasteiger partial charge in [0.15, 0.2) is 14.5 Å². The van der Waals surface area contributed by atoms with Gasteiger partial charge in [0.25, 0.3) is 11.4 Å². The van der Waals surface area contributed by atoms with E-state index in [0.29, 0.717) is 6.07 Å². The number of nitrogens with zero attached hydrogens (tertiary/aromatic N) is 2. The molecule has 1 saturated heterocycles. The molecule has 0 saturated carbocycles. The van der Waals surface area contributed by atoms with E-state index >= 15 is 0 Å². The van der Waals surface area contributed by atoms with E-state index in [1.54, 1.807) is 6.92 Å². The minimum Gasteiger partial charge on any atom is -0.437 e. The van der Waals surface area contributed by atoms with Crippen molar-refractivity contribution in [1.29, 1.82) is 0 Å². The molecule has 30 heavy (non-hydrogen) atoms. The number of esters is 1. The number of non-ortho nitro benzene ring substituents is 1. The molecule has 12 heteroatoms. The third-order valence-corrected chi connectivity index (χ3v) is 10.1. The second kappa shape index (κ2) is 8.11. The zero-order chi connectivity index (χ0) is 23.0. The molecule has 0 aliphatic carbocycles. The van der Waals surface area contributed by atoms with E-state index < -0.39 is 59.3 Å². The van der Waals surface area contributed by atoms with E-state index in [2.05, 4.69) is 26.1 Å². The Bertz CT molecular complexity index is 896. The molecule has 0 spiro atoms. The van der Waals surface area contributed by atoms with Crippen molar-refractivity contribution in [1.82, 2.24) is 5.32 Å². The van der Waals surface area contributed by atoms with Gasteiger partial charge >= 0.3 is 5.97 Å². The SMILES string of the molecule is C[C@@H](O[Si](C)(C)C(C)(C)C)[C@H]1C(=O)N[C@@H]1OC(=O)c1ccc([N+](=O)[O-])cc1[N+](=O)[O-]. The standard InChI is InChI=1S/C18H25N3O8Si/c1-10(29-30(5,6)18(2,3)4)14-15(22)19-16(14)28-17(23)12-8-7-11(20(24)25)9-13(12)21(26)27/h7-10,14,16H,1-6H3,(H,19,22)/t10-,14+,16-/m1/s1.